The maximum Gasteiger partial charge on any atom is 0.278 e. The van der Waals surface area contributed by atoms with E-state index >= 15 is 0 Å². The summed E-state index contributed by atoms with van der Waals surface area (Å²) in [7, 11) is 1.60. The van der Waals surface area contributed by atoms with Crippen molar-refractivity contribution in [3.8, 4) is 5.75 Å². The fourth-order valence-corrected chi connectivity index (χ4v) is 3.16. The SMILES string of the molecule is COc1ccc(CONC(=O)c2cccnc2NCc2cc(Cl)cc(Cl)c2)cc1. The summed E-state index contributed by atoms with van der Waals surface area (Å²) >= 11 is 12.0. The molecule has 29 heavy (non-hydrogen) atoms. The molecule has 0 aliphatic heterocycles. The zero-order valence-corrected chi connectivity index (χ0v) is 17.1. The number of halogens is 2. The molecule has 0 bridgehead atoms. The van der Waals surface area contributed by atoms with Crippen molar-refractivity contribution < 1.29 is 14.4 Å². The van der Waals surface area contributed by atoms with Crippen LogP contribution in [0.25, 0.3) is 0 Å². The third kappa shape index (κ3) is 6.09. The number of hydroxylamine groups is 1. The molecule has 3 rings (SSSR count). The average molecular weight is 432 g/mol. The highest BCUT2D eigenvalue weighted by Crippen LogP contribution is 2.20. The number of aromatic nitrogens is 1. The van der Waals surface area contributed by atoms with Crippen LogP contribution in [-0.2, 0) is 18.0 Å². The molecular formula is C21H19Cl2N3O3. The predicted molar refractivity (Wildman–Crippen MR) is 113 cm³/mol. The molecule has 2 N–H and O–H groups in total. The van der Waals surface area contributed by atoms with Crippen LogP contribution in [-0.4, -0.2) is 18.0 Å². The third-order valence-electron chi connectivity index (χ3n) is 4.00. The molecule has 1 aromatic heterocycles. The number of ether oxygens (including phenoxy) is 1. The van der Waals surface area contributed by atoms with Crippen LogP contribution in [0.3, 0.4) is 0 Å². The van der Waals surface area contributed by atoms with Crippen molar-refractivity contribution in [2.75, 3.05) is 12.4 Å². The Kier molecular flexibility index (Phi) is 7.30. The van der Waals surface area contributed by atoms with E-state index in [2.05, 4.69) is 15.8 Å². The molecule has 0 aliphatic rings. The van der Waals surface area contributed by atoms with Gasteiger partial charge in [-0.25, -0.2) is 10.5 Å². The molecular weight excluding hydrogens is 413 g/mol. The van der Waals surface area contributed by atoms with Crippen molar-refractivity contribution in [3.63, 3.8) is 0 Å². The number of benzene rings is 2. The minimum atomic E-state index is -0.404. The van der Waals surface area contributed by atoms with Crippen LogP contribution >= 0.6 is 23.2 Å². The molecule has 1 amide bonds. The van der Waals surface area contributed by atoms with Gasteiger partial charge in [-0.2, -0.15) is 0 Å². The Bertz CT molecular complexity index is 961. The number of rotatable bonds is 8. The van der Waals surface area contributed by atoms with Crippen molar-refractivity contribution in [1.82, 2.24) is 10.5 Å². The van der Waals surface area contributed by atoms with Gasteiger partial charge in [-0.15, -0.1) is 0 Å². The highest BCUT2D eigenvalue weighted by Gasteiger charge is 2.12. The number of pyridine rings is 1. The number of nitrogens with zero attached hydrogens (tertiary/aromatic N) is 1. The monoisotopic (exact) mass is 431 g/mol. The summed E-state index contributed by atoms with van der Waals surface area (Å²) in [6.45, 7) is 0.629. The number of anilines is 1. The first-order valence-electron chi connectivity index (χ1n) is 8.74. The number of amides is 1. The van der Waals surface area contributed by atoms with E-state index < -0.39 is 5.91 Å². The maximum absolute atomic E-state index is 12.5. The van der Waals surface area contributed by atoms with Gasteiger partial charge in [0.05, 0.1) is 19.3 Å². The Balaban J connectivity index is 1.59. The predicted octanol–water partition coefficient (Wildman–Crippen LogP) is 4.87. The van der Waals surface area contributed by atoms with Gasteiger partial charge in [0.2, 0.25) is 0 Å². The summed E-state index contributed by atoms with van der Waals surface area (Å²) < 4.78 is 5.11. The van der Waals surface area contributed by atoms with E-state index in [4.69, 9.17) is 32.8 Å². The summed E-state index contributed by atoms with van der Waals surface area (Å²) in [5, 5.41) is 4.21. The Hall–Kier alpha value is -2.80. The molecule has 0 saturated carbocycles. The van der Waals surface area contributed by atoms with E-state index in [1.165, 1.54) is 0 Å². The largest absolute Gasteiger partial charge is 0.497 e. The van der Waals surface area contributed by atoms with Gasteiger partial charge in [-0.3, -0.25) is 9.63 Å². The minimum absolute atomic E-state index is 0.222. The Morgan fingerprint density at radius 3 is 2.45 bits per heavy atom. The van der Waals surface area contributed by atoms with Crippen molar-refractivity contribution in [2.24, 2.45) is 0 Å². The summed E-state index contributed by atoms with van der Waals surface area (Å²) in [6.07, 6.45) is 1.60. The second-order valence-electron chi connectivity index (χ2n) is 6.10. The van der Waals surface area contributed by atoms with Gasteiger partial charge in [0.15, 0.2) is 0 Å². The van der Waals surface area contributed by atoms with E-state index in [0.717, 1.165) is 16.9 Å². The molecule has 2 aromatic carbocycles. The van der Waals surface area contributed by atoms with Crippen molar-refractivity contribution in [1.29, 1.82) is 0 Å². The van der Waals surface area contributed by atoms with Crippen LogP contribution in [0.5, 0.6) is 5.75 Å². The van der Waals surface area contributed by atoms with Crippen LogP contribution in [0, 0.1) is 0 Å². The second kappa shape index (κ2) is 10.1. The summed E-state index contributed by atoms with van der Waals surface area (Å²) in [5.41, 5.74) is 4.56. The molecule has 0 unspecified atom stereocenters. The van der Waals surface area contributed by atoms with E-state index in [1.54, 1.807) is 43.6 Å². The first-order valence-corrected chi connectivity index (χ1v) is 9.49. The summed E-state index contributed by atoms with van der Waals surface area (Å²) in [5.74, 6) is 0.775. The quantitative estimate of drug-likeness (QED) is 0.497. The minimum Gasteiger partial charge on any atom is -0.497 e. The lowest BCUT2D eigenvalue weighted by molar-refractivity contribution is 0.0234. The highest BCUT2D eigenvalue weighted by molar-refractivity contribution is 6.34. The Labute approximate surface area is 178 Å². The molecule has 0 fully saturated rings. The average Bonchev–Trinajstić information content (AvgIpc) is 2.72. The van der Waals surface area contributed by atoms with Gasteiger partial charge in [0, 0.05) is 22.8 Å². The summed E-state index contributed by atoms with van der Waals surface area (Å²) in [6, 6.07) is 16.0. The first kappa shape index (κ1) is 20.9. The smallest absolute Gasteiger partial charge is 0.278 e. The van der Waals surface area contributed by atoms with E-state index in [1.807, 2.05) is 24.3 Å². The van der Waals surface area contributed by atoms with Crippen molar-refractivity contribution in [2.45, 2.75) is 13.2 Å². The third-order valence-corrected chi connectivity index (χ3v) is 4.43. The molecule has 0 radical (unpaired) electrons. The van der Waals surface area contributed by atoms with Crippen LogP contribution in [0.15, 0.2) is 60.8 Å². The van der Waals surface area contributed by atoms with Gasteiger partial charge < -0.3 is 10.1 Å². The molecule has 3 aromatic rings. The van der Waals surface area contributed by atoms with Crippen molar-refractivity contribution in [3.05, 3.63) is 87.5 Å². The topological polar surface area (TPSA) is 72.5 Å². The number of carbonyl (C=O) groups is 1. The van der Waals surface area contributed by atoms with E-state index in [0.29, 0.717) is 28.0 Å². The molecule has 0 atom stereocenters. The Morgan fingerprint density at radius 1 is 1.03 bits per heavy atom. The number of nitrogens with one attached hydrogen (secondary N) is 2. The lowest BCUT2D eigenvalue weighted by atomic mass is 10.2. The van der Waals surface area contributed by atoms with Gasteiger partial charge in [-0.05, 0) is 53.6 Å². The van der Waals surface area contributed by atoms with Gasteiger partial charge in [0.25, 0.3) is 5.91 Å². The van der Waals surface area contributed by atoms with Gasteiger partial charge in [0.1, 0.15) is 11.6 Å². The number of carbonyl (C=O) groups excluding carboxylic acids is 1. The van der Waals surface area contributed by atoms with Crippen LogP contribution in [0.2, 0.25) is 10.0 Å². The molecule has 8 heteroatoms. The zero-order chi connectivity index (χ0) is 20.6. The fraction of sp³-hybridized carbons (Fsp3) is 0.143. The lowest BCUT2D eigenvalue weighted by Gasteiger charge is -2.12. The van der Waals surface area contributed by atoms with Gasteiger partial charge >= 0.3 is 0 Å². The first-order chi connectivity index (χ1) is 14.0. The molecule has 0 spiro atoms. The van der Waals surface area contributed by atoms with Crippen LogP contribution in [0.4, 0.5) is 5.82 Å². The number of hydrogen-bond donors (Lipinski definition) is 2. The summed E-state index contributed by atoms with van der Waals surface area (Å²) in [4.78, 5) is 22.1. The molecule has 150 valence electrons. The number of methoxy groups -OCH3 is 1. The zero-order valence-electron chi connectivity index (χ0n) is 15.6. The Morgan fingerprint density at radius 2 is 1.76 bits per heavy atom. The van der Waals surface area contributed by atoms with Crippen LogP contribution in [0.1, 0.15) is 21.5 Å². The van der Waals surface area contributed by atoms with Crippen LogP contribution < -0.4 is 15.5 Å². The fourth-order valence-electron chi connectivity index (χ4n) is 2.59. The molecule has 0 saturated heterocycles. The lowest BCUT2D eigenvalue weighted by Crippen LogP contribution is -2.25. The number of hydrogen-bond acceptors (Lipinski definition) is 5. The molecule has 0 aliphatic carbocycles. The normalized spacial score (nSPS) is 10.4. The van der Waals surface area contributed by atoms with Gasteiger partial charge in [-0.1, -0.05) is 35.3 Å². The van der Waals surface area contributed by atoms with Crippen molar-refractivity contribution >= 4 is 34.9 Å². The highest BCUT2D eigenvalue weighted by atomic mass is 35.5. The second-order valence-corrected chi connectivity index (χ2v) is 6.97. The van der Waals surface area contributed by atoms with E-state index in [-0.39, 0.29) is 6.61 Å². The molecule has 6 nitrogen and oxygen atoms in total. The van der Waals surface area contributed by atoms with E-state index in [9.17, 15) is 4.79 Å². The molecule has 1 heterocycles. The maximum atomic E-state index is 12.5. The standard InChI is InChI=1S/C21H19Cl2N3O3/c1-28-18-6-4-14(5-7-18)13-29-26-21(27)19-3-2-8-24-20(19)25-12-15-9-16(22)11-17(23)10-15/h2-11H,12-13H2,1H3,(H,24,25)(H,26,27).